The van der Waals surface area contributed by atoms with E-state index < -0.39 is 0 Å². The van der Waals surface area contributed by atoms with E-state index in [1.807, 2.05) is 42.5 Å². The van der Waals surface area contributed by atoms with Crippen molar-refractivity contribution >= 4 is 0 Å². The number of ether oxygens (including phenoxy) is 1. The smallest absolute Gasteiger partial charge is 0.104 e. The molecule has 3 nitrogen and oxygen atoms in total. The molecule has 0 amide bonds. The first-order valence-electron chi connectivity index (χ1n) is 8.53. The highest BCUT2D eigenvalue weighted by Gasteiger charge is 2.13. The van der Waals surface area contributed by atoms with Crippen molar-refractivity contribution in [3.63, 3.8) is 0 Å². The van der Waals surface area contributed by atoms with Crippen molar-refractivity contribution < 1.29 is 9.57 Å². The Morgan fingerprint density at radius 1 is 1.04 bits per heavy atom. The van der Waals surface area contributed by atoms with Crippen LogP contribution in [0.3, 0.4) is 0 Å². The molecule has 0 aromatic heterocycles. The maximum absolute atomic E-state index is 5.92. The molecule has 0 radical (unpaired) electrons. The van der Waals surface area contributed by atoms with Crippen molar-refractivity contribution in [1.29, 1.82) is 0 Å². The Morgan fingerprint density at radius 2 is 1.71 bits per heavy atom. The van der Waals surface area contributed by atoms with Crippen molar-refractivity contribution in [2.24, 2.45) is 0 Å². The average Bonchev–Trinajstić information content (AvgIpc) is 2.65. The zero-order chi connectivity index (χ0) is 17.0. The van der Waals surface area contributed by atoms with E-state index in [1.165, 1.54) is 5.56 Å². The van der Waals surface area contributed by atoms with Gasteiger partial charge in [0.2, 0.25) is 0 Å². The largest absolute Gasteiger partial charge is 0.375 e. The molecule has 0 heterocycles. The van der Waals surface area contributed by atoms with Crippen LogP contribution in [0.5, 0.6) is 0 Å². The number of hydrogen-bond acceptors (Lipinski definition) is 3. The van der Waals surface area contributed by atoms with Crippen molar-refractivity contribution in [3.05, 3.63) is 84.4 Å². The Kier molecular flexibility index (Phi) is 8.25. The highest BCUT2D eigenvalue weighted by Crippen LogP contribution is 2.21. The molecule has 0 saturated carbocycles. The van der Waals surface area contributed by atoms with Crippen LogP contribution in [0.2, 0.25) is 0 Å². The maximum atomic E-state index is 5.92. The van der Waals surface area contributed by atoms with Gasteiger partial charge in [-0.25, -0.2) is 0 Å². The fourth-order valence-corrected chi connectivity index (χ4v) is 2.42. The highest BCUT2D eigenvalue weighted by atomic mass is 16.7. The van der Waals surface area contributed by atoms with Crippen LogP contribution in [0, 0.1) is 0 Å². The first-order valence-corrected chi connectivity index (χ1v) is 8.53. The molecule has 0 fully saturated rings. The second-order valence-electron chi connectivity index (χ2n) is 5.77. The fourth-order valence-electron chi connectivity index (χ4n) is 2.42. The molecule has 128 valence electrons. The molecule has 2 aromatic rings. The molecule has 0 saturated heterocycles. The third-order valence-corrected chi connectivity index (χ3v) is 3.78. The van der Waals surface area contributed by atoms with Crippen molar-refractivity contribution in [2.75, 3.05) is 6.61 Å². The molecule has 2 rings (SSSR count). The molecular weight excluding hydrogens is 298 g/mol. The van der Waals surface area contributed by atoms with Crippen LogP contribution in [0.4, 0.5) is 0 Å². The van der Waals surface area contributed by atoms with E-state index in [4.69, 9.17) is 9.57 Å². The van der Waals surface area contributed by atoms with Crippen LogP contribution >= 0.6 is 0 Å². The van der Waals surface area contributed by atoms with E-state index in [-0.39, 0.29) is 12.1 Å². The van der Waals surface area contributed by atoms with Gasteiger partial charge in [-0.2, -0.15) is 5.48 Å². The molecule has 0 spiro atoms. The van der Waals surface area contributed by atoms with Gasteiger partial charge in [-0.05, 0) is 17.5 Å². The number of benzene rings is 2. The zero-order valence-electron chi connectivity index (χ0n) is 14.4. The minimum atomic E-state index is -0.0446. The van der Waals surface area contributed by atoms with E-state index in [0.29, 0.717) is 13.2 Å². The third-order valence-electron chi connectivity index (χ3n) is 3.78. The minimum Gasteiger partial charge on any atom is -0.375 e. The summed E-state index contributed by atoms with van der Waals surface area (Å²) in [6.45, 7) is 7.13. The Balaban J connectivity index is 1.79. The van der Waals surface area contributed by atoms with Crippen molar-refractivity contribution in [3.8, 4) is 0 Å². The zero-order valence-corrected chi connectivity index (χ0v) is 14.4. The molecule has 0 unspecified atom stereocenters. The SMILES string of the molecule is C=C[C@H](COCc1ccccc1)NO[C@H](CCC)c1ccccc1. The molecule has 2 aromatic carbocycles. The second kappa shape index (κ2) is 10.8. The van der Waals surface area contributed by atoms with Gasteiger partial charge in [-0.3, -0.25) is 4.84 Å². The van der Waals surface area contributed by atoms with Crippen molar-refractivity contribution in [2.45, 2.75) is 38.5 Å². The topological polar surface area (TPSA) is 30.5 Å². The van der Waals surface area contributed by atoms with Gasteiger partial charge in [0.15, 0.2) is 0 Å². The van der Waals surface area contributed by atoms with Gasteiger partial charge in [0.05, 0.1) is 19.3 Å². The van der Waals surface area contributed by atoms with Gasteiger partial charge in [-0.15, -0.1) is 6.58 Å². The molecule has 0 aliphatic heterocycles. The van der Waals surface area contributed by atoms with Gasteiger partial charge >= 0.3 is 0 Å². The number of hydroxylamine groups is 1. The van der Waals surface area contributed by atoms with Gasteiger partial charge < -0.3 is 4.74 Å². The third kappa shape index (κ3) is 6.28. The normalized spacial score (nSPS) is 13.4. The Hall–Kier alpha value is -1.94. The second-order valence-corrected chi connectivity index (χ2v) is 5.77. The van der Waals surface area contributed by atoms with Crippen LogP contribution in [0.25, 0.3) is 0 Å². The predicted octanol–water partition coefficient (Wildman–Crippen LogP) is 4.82. The molecule has 0 aliphatic rings. The van der Waals surface area contributed by atoms with Crippen LogP contribution < -0.4 is 5.48 Å². The summed E-state index contributed by atoms with van der Waals surface area (Å²) in [7, 11) is 0. The molecule has 0 bridgehead atoms. The lowest BCUT2D eigenvalue weighted by Gasteiger charge is -2.21. The standard InChI is InChI=1S/C21H27NO2/c1-3-11-21(19-14-9-6-10-15-19)24-22-20(4-2)17-23-16-18-12-7-5-8-13-18/h4-10,12-15,20-22H,2-3,11,16-17H2,1H3/t20-,21-/m1/s1. The van der Waals surface area contributed by atoms with Crippen LogP contribution in [0.15, 0.2) is 73.3 Å². The lowest BCUT2D eigenvalue weighted by atomic mass is 10.1. The predicted molar refractivity (Wildman–Crippen MR) is 98.4 cm³/mol. The average molecular weight is 325 g/mol. The lowest BCUT2D eigenvalue weighted by Crippen LogP contribution is -2.33. The van der Waals surface area contributed by atoms with Crippen LogP contribution in [-0.2, 0) is 16.2 Å². The van der Waals surface area contributed by atoms with E-state index in [0.717, 1.165) is 18.4 Å². The van der Waals surface area contributed by atoms with Gasteiger partial charge in [0.1, 0.15) is 6.10 Å². The van der Waals surface area contributed by atoms with E-state index >= 15 is 0 Å². The first kappa shape index (κ1) is 18.4. The van der Waals surface area contributed by atoms with E-state index in [1.54, 1.807) is 0 Å². The molecule has 24 heavy (non-hydrogen) atoms. The summed E-state index contributed by atoms with van der Waals surface area (Å²) in [4.78, 5) is 5.92. The molecule has 1 N–H and O–H groups in total. The molecular formula is C21H27NO2. The fraction of sp³-hybridized carbons (Fsp3) is 0.333. The lowest BCUT2D eigenvalue weighted by molar-refractivity contribution is -0.0567. The Bertz CT molecular complexity index is 571. The number of hydrogen-bond donors (Lipinski definition) is 1. The summed E-state index contributed by atoms with van der Waals surface area (Å²) in [5.74, 6) is 0. The number of rotatable bonds is 11. The van der Waals surface area contributed by atoms with Crippen LogP contribution in [-0.4, -0.2) is 12.6 Å². The quantitative estimate of drug-likeness (QED) is 0.474. The Morgan fingerprint density at radius 3 is 2.33 bits per heavy atom. The van der Waals surface area contributed by atoms with Crippen LogP contribution in [0.1, 0.15) is 37.0 Å². The monoisotopic (exact) mass is 325 g/mol. The highest BCUT2D eigenvalue weighted by molar-refractivity contribution is 5.17. The summed E-state index contributed by atoms with van der Waals surface area (Å²) in [5, 5.41) is 0. The summed E-state index contributed by atoms with van der Waals surface area (Å²) < 4.78 is 5.76. The van der Waals surface area contributed by atoms with E-state index in [9.17, 15) is 0 Å². The Labute approximate surface area is 145 Å². The van der Waals surface area contributed by atoms with Crippen molar-refractivity contribution in [1.82, 2.24) is 5.48 Å². The molecule has 3 heteroatoms. The summed E-state index contributed by atoms with van der Waals surface area (Å²) >= 11 is 0. The summed E-state index contributed by atoms with van der Waals surface area (Å²) in [6, 6.07) is 20.4. The first-order chi connectivity index (χ1) is 11.8. The molecule has 2 atom stereocenters. The summed E-state index contributed by atoms with van der Waals surface area (Å²) in [6.07, 6.45) is 3.88. The van der Waals surface area contributed by atoms with Gasteiger partial charge in [0, 0.05) is 0 Å². The van der Waals surface area contributed by atoms with Gasteiger partial charge in [0.25, 0.3) is 0 Å². The minimum absolute atomic E-state index is 0.0350. The van der Waals surface area contributed by atoms with E-state index in [2.05, 4.69) is 43.2 Å². The summed E-state index contributed by atoms with van der Waals surface area (Å²) in [5.41, 5.74) is 5.44. The maximum Gasteiger partial charge on any atom is 0.104 e. The molecule has 0 aliphatic carbocycles. The number of nitrogens with one attached hydrogen (secondary N) is 1. The van der Waals surface area contributed by atoms with Gasteiger partial charge in [-0.1, -0.05) is 80.1 Å².